The van der Waals surface area contributed by atoms with Crippen LogP contribution in [0.15, 0.2) is 18.2 Å². The van der Waals surface area contributed by atoms with Crippen LogP contribution in [0.5, 0.6) is 5.75 Å². The quantitative estimate of drug-likeness (QED) is 0.766. The molecule has 0 saturated carbocycles. The van der Waals surface area contributed by atoms with Crippen LogP contribution in [0.25, 0.3) is 0 Å². The summed E-state index contributed by atoms with van der Waals surface area (Å²) in [4.78, 5) is 24.0. The summed E-state index contributed by atoms with van der Waals surface area (Å²) in [6, 6.07) is 5.71. The minimum absolute atomic E-state index is 0.0202. The number of piperidine rings is 1. The summed E-state index contributed by atoms with van der Waals surface area (Å²) < 4.78 is 19.5. The summed E-state index contributed by atoms with van der Waals surface area (Å²) in [5.41, 5.74) is 0.235. The number of ether oxygens (including phenoxy) is 1. The highest BCUT2D eigenvalue weighted by Gasteiger charge is 2.24. The van der Waals surface area contributed by atoms with Gasteiger partial charge in [-0.2, -0.15) is 5.26 Å². The molecule has 0 aliphatic carbocycles. The van der Waals surface area contributed by atoms with E-state index in [0.29, 0.717) is 38.9 Å². The molecule has 1 aromatic rings. The van der Waals surface area contributed by atoms with Crippen LogP contribution in [-0.4, -0.2) is 47.7 Å². The summed E-state index contributed by atoms with van der Waals surface area (Å²) in [7, 11) is 0. The van der Waals surface area contributed by atoms with E-state index in [9.17, 15) is 14.0 Å². The lowest BCUT2D eigenvalue weighted by atomic mass is 10.1. The van der Waals surface area contributed by atoms with Crippen molar-refractivity contribution < 1.29 is 23.8 Å². The van der Waals surface area contributed by atoms with Crippen molar-refractivity contribution in [1.82, 2.24) is 10.2 Å². The van der Waals surface area contributed by atoms with Crippen LogP contribution in [0.4, 0.5) is 9.18 Å². The molecule has 2 amide bonds. The van der Waals surface area contributed by atoms with Gasteiger partial charge in [0.1, 0.15) is 6.10 Å². The number of nitrogens with one attached hydrogen (secondary N) is 1. The number of urea groups is 1. The van der Waals surface area contributed by atoms with Gasteiger partial charge in [-0.05, 0) is 24.6 Å². The monoisotopic (exact) mass is 349 g/mol. The maximum Gasteiger partial charge on any atom is 0.317 e. The van der Waals surface area contributed by atoms with Crippen molar-refractivity contribution in [2.24, 2.45) is 0 Å². The van der Waals surface area contributed by atoms with Gasteiger partial charge in [0, 0.05) is 38.9 Å². The van der Waals surface area contributed by atoms with E-state index in [1.54, 1.807) is 4.90 Å². The van der Waals surface area contributed by atoms with Crippen LogP contribution in [0.2, 0.25) is 0 Å². The molecule has 8 heteroatoms. The maximum atomic E-state index is 13.8. The van der Waals surface area contributed by atoms with Crippen molar-refractivity contribution in [3.05, 3.63) is 29.6 Å². The fraction of sp³-hybridized carbons (Fsp3) is 0.471. The Bertz CT molecular complexity index is 666. The van der Waals surface area contributed by atoms with E-state index in [4.69, 9.17) is 15.1 Å². The highest BCUT2D eigenvalue weighted by atomic mass is 19.1. The lowest BCUT2D eigenvalue weighted by molar-refractivity contribution is -0.137. The average molecular weight is 349 g/mol. The Labute approximate surface area is 145 Å². The highest BCUT2D eigenvalue weighted by molar-refractivity contribution is 5.74. The largest absolute Gasteiger partial charge is 0.487 e. The molecule has 1 aliphatic heterocycles. The smallest absolute Gasteiger partial charge is 0.317 e. The Morgan fingerprint density at radius 1 is 1.40 bits per heavy atom. The van der Waals surface area contributed by atoms with Crippen LogP contribution >= 0.6 is 0 Å². The zero-order chi connectivity index (χ0) is 18.2. The number of nitriles is 1. The first-order chi connectivity index (χ1) is 12.0. The molecule has 0 aromatic heterocycles. The second kappa shape index (κ2) is 8.87. The number of carbonyl (C=O) groups is 2. The first kappa shape index (κ1) is 18.5. The molecule has 1 aliphatic rings. The van der Waals surface area contributed by atoms with Crippen molar-refractivity contribution in [3.63, 3.8) is 0 Å². The Hall–Kier alpha value is -2.82. The number of rotatable bonds is 6. The van der Waals surface area contributed by atoms with Crippen LogP contribution in [0, 0.1) is 17.1 Å². The van der Waals surface area contributed by atoms with Crippen molar-refractivity contribution in [2.45, 2.75) is 31.8 Å². The molecule has 1 fully saturated rings. The first-order valence-electron chi connectivity index (χ1n) is 8.10. The number of likely N-dealkylation sites (tertiary alicyclic amines) is 1. The molecule has 1 saturated heterocycles. The molecule has 134 valence electrons. The summed E-state index contributed by atoms with van der Waals surface area (Å²) in [6.45, 7) is 1.28. The number of nitrogens with zero attached hydrogens (tertiary/aromatic N) is 2. The third kappa shape index (κ3) is 5.64. The van der Waals surface area contributed by atoms with Gasteiger partial charge in [0.25, 0.3) is 0 Å². The van der Waals surface area contributed by atoms with Crippen molar-refractivity contribution in [1.29, 1.82) is 5.26 Å². The number of hydrogen-bond donors (Lipinski definition) is 2. The van der Waals surface area contributed by atoms with Crippen molar-refractivity contribution >= 4 is 12.0 Å². The van der Waals surface area contributed by atoms with Crippen LogP contribution in [0.1, 0.15) is 31.2 Å². The van der Waals surface area contributed by atoms with E-state index >= 15 is 0 Å². The van der Waals surface area contributed by atoms with E-state index in [-0.39, 0.29) is 29.9 Å². The molecule has 0 radical (unpaired) electrons. The number of carbonyl (C=O) groups excluding carboxylic acids is 1. The first-order valence-corrected chi connectivity index (χ1v) is 8.10. The zero-order valence-electron chi connectivity index (χ0n) is 13.7. The lowest BCUT2D eigenvalue weighted by Crippen LogP contribution is -2.46. The van der Waals surface area contributed by atoms with E-state index < -0.39 is 11.8 Å². The third-order valence-corrected chi connectivity index (χ3v) is 3.93. The van der Waals surface area contributed by atoms with Crippen LogP contribution < -0.4 is 10.1 Å². The number of amides is 2. The van der Waals surface area contributed by atoms with Crippen molar-refractivity contribution in [2.75, 3.05) is 19.6 Å². The van der Waals surface area contributed by atoms with Gasteiger partial charge in [0.2, 0.25) is 0 Å². The lowest BCUT2D eigenvalue weighted by Gasteiger charge is -2.32. The van der Waals surface area contributed by atoms with Crippen LogP contribution in [-0.2, 0) is 4.79 Å². The number of carboxylic acid groups (broad SMARTS) is 1. The summed E-state index contributed by atoms with van der Waals surface area (Å²) in [5.74, 6) is -1.35. The van der Waals surface area contributed by atoms with Crippen LogP contribution in [0.3, 0.4) is 0 Å². The molecular weight excluding hydrogens is 329 g/mol. The number of hydrogen-bond acceptors (Lipinski definition) is 4. The SMILES string of the molecule is N#Cc1ccc(OC2CCN(C(=O)NCCCC(=O)O)CC2)c(F)c1. The summed E-state index contributed by atoms with van der Waals surface area (Å²) >= 11 is 0. The average Bonchev–Trinajstić information content (AvgIpc) is 2.60. The molecule has 0 unspecified atom stereocenters. The number of benzene rings is 1. The molecule has 1 heterocycles. The molecule has 25 heavy (non-hydrogen) atoms. The number of carboxylic acids is 1. The third-order valence-electron chi connectivity index (χ3n) is 3.93. The maximum absolute atomic E-state index is 13.8. The van der Waals surface area contributed by atoms with E-state index in [2.05, 4.69) is 5.32 Å². The van der Waals surface area contributed by atoms with E-state index in [0.717, 1.165) is 6.07 Å². The van der Waals surface area contributed by atoms with Crippen molar-refractivity contribution in [3.8, 4) is 11.8 Å². The zero-order valence-corrected chi connectivity index (χ0v) is 13.7. The fourth-order valence-corrected chi connectivity index (χ4v) is 2.57. The Kier molecular flexibility index (Phi) is 6.57. The van der Waals surface area contributed by atoms with Gasteiger partial charge in [0.05, 0.1) is 11.6 Å². The van der Waals surface area contributed by atoms with Gasteiger partial charge in [-0.1, -0.05) is 0 Å². The molecule has 0 bridgehead atoms. The highest BCUT2D eigenvalue weighted by Crippen LogP contribution is 2.23. The summed E-state index contributed by atoms with van der Waals surface area (Å²) in [6.07, 6.45) is 1.35. The predicted molar refractivity (Wildman–Crippen MR) is 86.6 cm³/mol. The summed E-state index contributed by atoms with van der Waals surface area (Å²) in [5, 5.41) is 20.0. The number of halogens is 1. The van der Waals surface area contributed by atoms with Gasteiger partial charge in [-0.15, -0.1) is 0 Å². The Morgan fingerprint density at radius 2 is 2.12 bits per heavy atom. The second-order valence-electron chi connectivity index (χ2n) is 5.79. The molecule has 0 atom stereocenters. The van der Waals surface area contributed by atoms with Gasteiger partial charge in [-0.3, -0.25) is 4.79 Å². The normalized spacial score (nSPS) is 14.6. The molecule has 2 rings (SSSR count). The molecule has 0 spiro atoms. The minimum Gasteiger partial charge on any atom is -0.487 e. The Morgan fingerprint density at radius 3 is 2.72 bits per heavy atom. The molecule has 2 N–H and O–H groups in total. The molecule has 1 aromatic carbocycles. The molecular formula is C17H20FN3O4. The standard InChI is InChI=1S/C17H20FN3O4/c18-14-10-12(11-19)3-4-15(14)25-13-5-8-21(9-6-13)17(24)20-7-1-2-16(22)23/h3-4,10,13H,1-2,5-9H2,(H,20,24)(H,22,23). The topological polar surface area (TPSA) is 103 Å². The van der Waals surface area contributed by atoms with Gasteiger partial charge < -0.3 is 20.1 Å². The second-order valence-corrected chi connectivity index (χ2v) is 5.79. The van der Waals surface area contributed by atoms with Gasteiger partial charge in [-0.25, -0.2) is 9.18 Å². The van der Waals surface area contributed by atoms with Gasteiger partial charge in [0.15, 0.2) is 11.6 Å². The molecule has 7 nitrogen and oxygen atoms in total. The predicted octanol–water partition coefficient (Wildman–Crippen LogP) is 2.11. The fourth-order valence-electron chi connectivity index (χ4n) is 2.57. The van der Waals surface area contributed by atoms with E-state index in [1.807, 2.05) is 6.07 Å². The number of aliphatic carboxylic acids is 1. The van der Waals surface area contributed by atoms with E-state index in [1.165, 1.54) is 12.1 Å². The Balaban J connectivity index is 1.75. The van der Waals surface area contributed by atoms with Gasteiger partial charge >= 0.3 is 12.0 Å². The minimum atomic E-state index is -0.887.